The number of fused-ring (bicyclic) bond motifs is 1. The van der Waals surface area contributed by atoms with Gasteiger partial charge in [-0.05, 0) is 30.0 Å². The van der Waals surface area contributed by atoms with Gasteiger partial charge in [0.1, 0.15) is 4.83 Å². The fraction of sp³-hybridized carbons (Fsp3) is 0.200. The van der Waals surface area contributed by atoms with Gasteiger partial charge in [0.25, 0.3) is 0 Å². The van der Waals surface area contributed by atoms with Crippen molar-refractivity contribution in [1.29, 1.82) is 0 Å². The quantitative estimate of drug-likeness (QED) is 0.573. The molecule has 0 fully saturated rings. The van der Waals surface area contributed by atoms with Gasteiger partial charge in [-0.15, -0.1) is 11.3 Å². The van der Waals surface area contributed by atoms with Crippen molar-refractivity contribution >= 4 is 33.1 Å². The van der Waals surface area contributed by atoms with Crippen LogP contribution in [0.2, 0.25) is 0 Å². The van der Waals surface area contributed by atoms with Gasteiger partial charge in [-0.3, -0.25) is 0 Å². The molecular formula is C15H17N5S. The molecule has 21 heavy (non-hydrogen) atoms. The molecule has 0 atom stereocenters. The van der Waals surface area contributed by atoms with Crippen LogP contribution in [0.4, 0.5) is 11.5 Å². The number of aryl methyl sites for hydroxylation is 1. The second kappa shape index (κ2) is 5.67. The average molecular weight is 299 g/mol. The van der Waals surface area contributed by atoms with Crippen molar-refractivity contribution in [2.45, 2.75) is 13.5 Å². The van der Waals surface area contributed by atoms with Crippen LogP contribution in [0.5, 0.6) is 0 Å². The van der Waals surface area contributed by atoms with Crippen LogP contribution in [0.25, 0.3) is 10.2 Å². The van der Waals surface area contributed by atoms with Crippen molar-refractivity contribution in [3.05, 3.63) is 47.1 Å². The summed E-state index contributed by atoms with van der Waals surface area (Å²) in [5.41, 5.74) is 5.06. The summed E-state index contributed by atoms with van der Waals surface area (Å²) >= 11 is 1.59. The smallest absolute Gasteiger partial charge is 0.152 e. The lowest BCUT2D eigenvalue weighted by atomic mass is 10.2. The maximum atomic E-state index is 5.56. The molecule has 1 aromatic carbocycles. The van der Waals surface area contributed by atoms with Crippen LogP contribution < -0.4 is 16.2 Å². The molecular weight excluding hydrogens is 282 g/mol. The molecule has 0 saturated carbocycles. The summed E-state index contributed by atoms with van der Waals surface area (Å²) in [6, 6.07) is 10.2. The molecule has 0 bridgehead atoms. The molecule has 0 unspecified atom stereocenters. The van der Waals surface area contributed by atoms with E-state index in [9.17, 15) is 0 Å². The minimum Gasteiger partial charge on any atom is -0.367 e. The first kappa shape index (κ1) is 13.8. The summed E-state index contributed by atoms with van der Waals surface area (Å²) in [4.78, 5) is 12.2. The lowest BCUT2D eigenvalue weighted by molar-refractivity contribution is 0.846. The van der Waals surface area contributed by atoms with Crippen molar-refractivity contribution < 1.29 is 0 Å². The Hall–Kier alpha value is -2.18. The Kier molecular flexibility index (Phi) is 3.72. The van der Waals surface area contributed by atoms with Crippen LogP contribution in [0, 0.1) is 6.92 Å². The van der Waals surface area contributed by atoms with E-state index in [2.05, 4.69) is 39.4 Å². The maximum absolute atomic E-state index is 5.56. The minimum absolute atomic E-state index is 0.632. The van der Waals surface area contributed by atoms with Gasteiger partial charge < -0.3 is 10.3 Å². The van der Waals surface area contributed by atoms with Crippen LogP contribution in [0.15, 0.2) is 35.7 Å². The highest BCUT2D eigenvalue weighted by atomic mass is 32.1. The van der Waals surface area contributed by atoms with E-state index in [1.54, 1.807) is 11.3 Å². The van der Waals surface area contributed by atoms with Crippen LogP contribution >= 0.6 is 11.3 Å². The molecule has 0 spiro atoms. The number of nitrogens with one attached hydrogen (secondary N) is 1. The third-order valence-corrected chi connectivity index (χ3v) is 4.22. The number of nitrogen functional groups attached to an aromatic ring is 1. The number of hydrogen-bond acceptors (Lipinski definition) is 6. The van der Waals surface area contributed by atoms with Crippen LogP contribution in [0.1, 0.15) is 11.4 Å². The highest BCUT2D eigenvalue weighted by molar-refractivity contribution is 7.16. The van der Waals surface area contributed by atoms with Crippen molar-refractivity contribution in [2.24, 2.45) is 5.84 Å². The molecule has 0 aliphatic heterocycles. The molecule has 0 aliphatic rings. The van der Waals surface area contributed by atoms with E-state index in [-0.39, 0.29) is 0 Å². The number of hydrogen-bond donors (Lipinski definition) is 2. The monoisotopic (exact) mass is 299 g/mol. The van der Waals surface area contributed by atoms with Gasteiger partial charge in [-0.25, -0.2) is 15.8 Å². The van der Waals surface area contributed by atoms with Gasteiger partial charge >= 0.3 is 0 Å². The highest BCUT2D eigenvalue weighted by Crippen LogP contribution is 2.25. The zero-order valence-corrected chi connectivity index (χ0v) is 12.8. The highest BCUT2D eigenvalue weighted by Gasteiger charge is 2.11. The number of benzene rings is 1. The molecule has 0 saturated heterocycles. The molecule has 0 aliphatic carbocycles. The average Bonchev–Trinajstić information content (AvgIpc) is 2.95. The molecule has 2 aromatic heterocycles. The summed E-state index contributed by atoms with van der Waals surface area (Å²) in [5.74, 6) is 6.99. The second-order valence-corrected chi connectivity index (χ2v) is 5.81. The Morgan fingerprint density at radius 2 is 2.05 bits per heavy atom. The number of para-hydroxylation sites is 1. The van der Waals surface area contributed by atoms with Gasteiger partial charge in [-0.2, -0.15) is 0 Å². The molecule has 2 heterocycles. The van der Waals surface area contributed by atoms with Gasteiger partial charge in [-0.1, -0.05) is 18.2 Å². The van der Waals surface area contributed by atoms with E-state index in [0.29, 0.717) is 12.4 Å². The van der Waals surface area contributed by atoms with Crippen molar-refractivity contribution in [2.75, 3.05) is 17.4 Å². The molecule has 5 nitrogen and oxygen atoms in total. The van der Waals surface area contributed by atoms with Crippen LogP contribution in [-0.4, -0.2) is 17.0 Å². The third-order valence-electron chi connectivity index (χ3n) is 3.41. The Balaban J connectivity index is 1.92. The Morgan fingerprint density at radius 1 is 1.24 bits per heavy atom. The van der Waals surface area contributed by atoms with E-state index < -0.39 is 0 Å². The molecule has 6 heteroatoms. The van der Waals surface area contributed by atoms with Crippen molar-refractivity contribution in [3.8, 4) is 0 Å². The van der Waals surface area contributed by atoms with Crippen molar-refractivity contribution in [3.63, 3.8) is 0 Å². The Labute approximate surface area is 127 Å². The summed E-state index contributed by atoms with van der Waals surface area (Å²) in [5, 5.41) is 2.96. The predicted molar refractivity (Wildman–Crippen MR) is 88.5 cm³/mol. The summed E-state index contributed by atoms with van der Waals surface area (Å²) < 4.78 is 0. The number of thiophene rings is 1. The topological polar surface area (TPSA) is 67.1 Å². The first-order valence-electron chi connectivity index (χ1n) is 6.66. The number of nitrogens with zero attached hydrogens (tertiary/aromatic N) is 3. The zero-order chi connectivity index (χ0) is 14.8. The molecule has 3 aromatic rings. The first-order chi connectivity index (χ1) is 10.2. The van der Waals surface area contributed by atoms with E-state index in [4.69, 9.17) is 5.84 Å². The maximum Gasteiger partial charge on any atom is 0.152 e. The van der Waals surface area contributed by atoms with E-state index in [1.807, 2.05) is 30.6 Å². The zero-order valence-electron chi connectivity index (χ0n) is 12.0. The van der Waals surface area contributed by atoms with Gasteiger partial charge in [0.15, 0.2) is 11.6 Å². The number of anilines is 2. The molecule has 0 amide bonds. The number of nitrogens with two attached hydrogens (primary N) is 1. The van der Waals surface area contributed by atoms with E-state index >= 15 is 0 Å². The van der Waals surface area contributed by atoms with Crippen LogP contribution in [-0.2, 0) is 6.54 Å². The largest absolute Gasteiger partial charge is 0.367 e. The summed E-state index contributed by atoms with van der Waals surface area (Å²) in [6.45, 7) is 2.73. The molecule has 3 rings (SSSR count). The Bertz CT molecular complexity index is 768. The summed E-state index contributed by atoms with van der Waals surface area (Å²) in [6.07, 6.45) is 0. The van der Waals surface area contributed by atoms with Crippen LogP contribution in [0.3, 0.4) is 0 Å². The van der Waals surface area contributed by atoms with E-state index in [1.165, 1.54) is 11.3 Å². The minimum atomic E-state index is 0.632. The second-order valence-electron chi connectivity index (χ2n) is 4.91. The molecule has 3 N–H and O–H groups in total. The number of hydrazine groups is 1. The number of rotatable bonds is 4. The normalized spacial score (nSPS) is 10.8. The summed E-state index contributed by atoms with van der Waals surface area (Å²) in [7, 11) is 2.04. The standard InChI is InChI=1S/C15H17N5S/c1-10-5-3-4-6-12(10)20(2)9-13-17-14(19-16)11-7-8-21-15(11)18-13/h3-8H,9,16H2,1-2H3,(H,17,18,19). The SMILES string of the molecule is Cc1ccccc1N(C)Cc1nc(NN)c2ccsc2n1. The molecule has 108 valence electrons. The van der Waals surface area contributed by atoms with E-state index in [0.717, 1.165) is 16.0 Å². The Morgan fingerprint density at radius 3 is 2.81 bits per heavy atom. The fourth-order valence-electron chi connectivity index (χ4n) is 2.37. The van der Waals surface area contributed by atoms with Gasteiger partial charge in [0.2, 0.25) is 0 Å². The lowest BCUT2D eigenvalue weighted by Gasteiger charge is -2.20. The third kappa shape index (κ3) is 2.68. The van der Waals surface area contributed by atoms with Gasteiger partial charge in [0, 0.05) is 12.7 Å². The fourth-order valence-corrected chi connectivity index (χ4v) is 3.15. The predicted octanol–water partition coefficient (Wildman–Crippen LogP) is 2.92. The first-order valence-corrected chi connectivity index (χ1v) is 7.54. The molecule has 0 radical (unpaired) electrons. The van der Waals surface area contributed by atoms with Gasteiger partial charge in [0.05, 0.1) is 11.9 Å². The lowest BCUT2D eigenvalue weighted by Crippen LogP contribution is -2.20. The number of aromatic nitrogens is 2. The van der Waals surface area contributed by atoms with Crippen molar-refractivity contribution in [1.82, 2.24) is 9.97 Å².